The van der Waals surface area contributed by atoms with Crippen molar-refractivity contribution >= 4 is 51.5 Å². The number of halogens is 2. The molecule has 4 aromatic carbocycles. The third-order valence-electron chi connectivity index (χ3n) is 12.5. The van der Waals surface area contributed by atoms with Crippen molar-refractivity contribution in [1.82, 2.24) is 0 Å². The average molecular weight is 963 g/mol. The van der Waals surface area contributed by atoms with Gasteiger partial charge in [0, 0.05) is 31.6 Å². The van der Waals surface area contributed by atoms with Gasteiger partial charge in [-0.25, -0.2) is 16.8 Å². The Morgan fingerprint density at radius 1 is 0.603 bits per heavy atom. The molecule has 0 bridgehead atoms. The van der Waals surface area contributed by atoms with Gasteiger partial charge in [0.2, 0.25) is 0 Å². The zero-order valence-corrected chi connectivity index (χ0v) is 39.2. The summed E-state index contributed by atoms with van der Waals surface area (Å²) in [6.45, 7) is 8.16. The normalized spacial score (nSPS) is 25.8. The second kappa shape index (κ2) is 19.3. The lowest BCUT2D eigenvalue weighted by atomic mass is 9.69. The van der Waals surface area contributed by atoms with Crippen molar-refractivity contribution in [2.45, 2.75) is 113 Å². The lowest BCUT2D eigenvalue weighted by Crippen LogP contribution is -2.42. The second-order valence-electron chi connectivity index (χ2n) is 15.9. The van der Waals surface area contributed by atoms with E-state index in [-0.39, 0.29) is 11.5 Å². The maximum atomic E-state index is 13.4. The molecule has 0 unspecified atom stereocenters. The summed E-state index contributed by atoms with van der Waals surface area (Å²) in [5, 5.41) is 23.5. The van der Waals surface area contributed by atoms with E-state index in [2.05, 4.69) is 45.7 Å². The molecule has 0 saturated heterocycles. The van der Waals surface area contributed by atoms with Crippen LogP contribution in [0, 0.1) is 10.8 Å². The van der Waals surface area contributed by atoms with Crippen molar-refractivity contribution in [3.8, 4) is 11.5 Å². The molecule has 316 valence electrons. The Morgan fingerprint density at radius 2 is 0.983 bits per heavy atom. The van der Waals surface area contributed by atoms with Crippen LogP contribution in [0.1, 0.15) is 113 Å². The van der Waals surface area contributed by atoms with Crippen molar-refractivity contribution in [2.75, 3.05) is 25.7 Å². The number of aliphatic hydroxyl groups excluding tert-OH is 2. The minimum atomic E-state index is -3.55. The van der Waals surface area contributed by atoms with E-state index < -0.39 is 54.5 Å². The standard InChI is InChI=1S/2C23H29BrO4S/c2*1-4-6-12-23(5-2)15-29(26,27)20-11-10-17(24)14-19(20)21(22(23)25)16-8-7-9-18(13-16)28-3/h2*7-11,13-14,21-22,25H,4-6,12,15H2,1-3H3/t21-,22-,23+;21-,22-,23-/m01/s1. The van der Waals surface area contributed by atoms with Crippen LogP contribution in [0.25, 0.3) is 0 Å². The molecule has 2 aliphatic rings. The quantitative estimate of drug-likeness (QED) is 0.144. The number of hydrogen-bond acceptors (Lipinski definition) is 8. The first kappa shape index (κ1) is 46.3. The smallest absolute Gasteiger partial charge is 0.179 e. The van der Waals surface area contributed by atoms with Gasteiger partial charge in [0.25, 0.3) is 0 Å². The third-order valence-corrected chi connectivity index (χ3v) is 17.5. The van der Waals surface area contributed by atoms with E-state index in [1.807, 2.05) is 74.5 Å². The molecule has 8 nitrogen and oxygen atoms in total. The van der Waals surface area contributed by atoms with E-state index in [9.17, 15) is 27.0 Å². The van der Waals surface area contributed by atoms with Gasteiger partial charge in [-0.1, -0.05) is 110 Å². The molecule has 0 aliphatic carbocycles. The molecule has 6 rings (SSSR count). The van der Waals surface area contributed by atoms with Crippen molar-refractivity contribution in [1.29, 1.82) is 0 Å². The van der Waals surface area contributed by atoms with Gasteiger partial charge in [-0.3, -0.25) is 0 Å². The van der Waals surface area contributed by atoms with E-state index >= 15 is 0 Å². The van der Waals surface area contributed by atoms with Crippen molar-refractivity contribution in [3.05, 3.63) is 116 Å². The summed E-state index contributed by atoms with van der Waals surface area (Å²) in [5.74, 6) is 0.404. The fourth-order valence-electron chi connectivity index (χ4n) is 9.09. The second-order valence-corrected chi connectivity index (χ2v) is 21.7. The van der Waals surface area contributed by atoms with Gasteiger partial charge in [-0.2, -0.15) is 0 Å². The SMILES string of the molecule is CCCC[C@]1(CC)CS(=O)(=O)c2ccc(Br)cc2[C@@H](c2cccc(OC)c2)[C@H]1O.CCCC[C@]1(CC)CS(=O)(=O)c2ccc(Br)cc2[C@H](c2cccc(OC)c2)[C@@H]1O. The van der Waals surface area contributed by atoms with Crippen LogP contribution in [0.3, 0.4) is 0 Å². The molecule has 2 aliphatic heterocycles. The van der Waals surface area contributed by atoms with Gasteiger partial charge >= 0.3 is 0 Å². The molecular formula is C46H58Br2O8S2. The Morgan fingerprint density at radius 3 is 1.31 bits per heavy atom. The van der Waals surface area contributed by atoms with Crippen LogP contribution in [0.2, 0.25) is 0 Å². The first-order chi connectivity index (χ1) is 27.6. The fraction of sp³-hybridized carbons (Fsp3) is 0.478. The van der Waals surface area contributed by atoms with E-state index in [0.717, 1.165) is 45.8 Å². The van der Waals surface area contributed by atoms with E-state index in [1.165, 1.54) is 0 Å². The van der Waals surface area contributed by atoms with Gasteiger partial charge in [0.1, 0.15) is 11.5 Å². The molecule has 12 heteroatoms. The Bertz CT molecular complexity index is 2100. The summed E-state index contributed by atoms with van der Waals surface area (Å²) in [5.41, 5.74) is 1.62. The van der Waals surface area contributed by atoms with Gasteiger partial charge in [-0.05, 0) is 109 Å². The highest BCUT2D eigenvalue weighted by molar-refractivity contribution is 9.10. The first-order valence-corrected chi connectivity index (χ1v) is 25.1. The Kier molecular flexibility index (Phi) is 15.4. The van der Waals surface area contributed by atoms with Gasteiger partial charge < -0.3 is 19.7 Å². The molecule has 0 amide bonds. The Hall–Kier alpha value is -2.74. The molecule has 2 heterocycles. The summed E-state index contributed by atoms with van der Waals surface area (Å²) in [6.07, 6.45) is 4.58. The number of sulfone groups is 2. The highest BCUT2D eigenvalue weighted by atomic mass is 79.9. The molecule has 0 fully saturated rings. The number of ether oxygens (including phenoxy) is 2. The zero-order chi connectivity index (χ0) is 42.5. The number of methoxy groups -OCH3 is 2. The maximum absolute atomic E-state index is 13.4. The molecule has 6 atom stereocenters. The van der Waals surface area contributed by atoms with Crippen LogP contribution in [-0.4, -0.2) is 65.0 Å². The number of fused-ring (bicyclic) bond motifs is 2. The summed E-state index contributed by atoms with van der Waals surface area (Å²) >= 11 is 6.98. The van der Waals surface area contributed by atoms with Gasteiger partial charge in [-0.15, -0.1) is 0 Å². The van der Waals surface area contributed by atoms with E-state index in [0.29, 0.717) is 58.1 Å². The first-order valence-electron chi connectivity index (χ1n) is 20.2. The lowest BCUT2D eigenvalue weighted by Gasteiger charge is -2.39. The third kappa shape index (κ3) is 9.57. The van der Waals surface area contributed by atoms with Crippen molar-refractivity contribution < 1.29 is 36.5 Å². The van der Waals surface area contributed by atoms with E-state index in [4.69, 9.17) is 9.47 Å². The van der Waals surface area contributed by atoms with Crippen LogP contribution >= 0.6 is 31.9 Å². The predicted molar refractivity (Wildman–Crippen MR) is 239 cm³/mol. The Balaban J connectivity index is 0.000000221. The molecule has 4 aromatic rings. The van der Waals surface area contributed by atoms with Crippen LogP contribution in [0.15, 0.2) is 104 Å². The Labute approximate surface area is 362 Å². The minimum Gasteiger partial charge on any atom is -0.497 e. The van der Waals surface area contributed by atoms with Gasteiger partial charge in [0.05, 0.1) is 47.7 Å². The highest BCUT2D eigenvalue weighted by Crippen LogP contribution is 2.51. The summed E-state index contributed by atoms with van der Waals surface area (Å²) < 4.78 is 66.1. The van der Waals surface area contributed by atoms with Crippen molar-refractivity contribution in [2.24, 2.45) is 10.8 Å². The number of aliphatic hydroxyl groups is 2. The fourth-order valence-corrected chi connectivity index (χ4v) is 14.4. The molecule has 0 spiro atoms. The molecule has 0 saturated carbocycles. The van der Waals surface area contributed by atoms with Crippen LogP contribution in [0.4, 0.5) is 0 Å². The minimum absolute atomic E-state index is 0.0350. The molecule has 58 heavy (non-hydrogen) atoms. The highest BCUT2D eigenvalue weighted by Gasteiger charge is 2.50. The summed E-state index contributed by atoms with van der Waals surface area (Å²) in [6, 6.07) is 25.7. The number of rotatable bonds is 12. The molecule has 2 N–H and O–H groups in total. The van der Waals surface area contributed by atoms with Crippen molar-refractivity contribution in [3.63, 3.8) is 0 Å². The molecule has 0 radical (unpaired) electrons. The van der Waals surface area contributed by atoms with Crippen LogP contribution in [0.5, 0.6) is 11.5 Å². The number of unbranched alkanes of at least 4 members (excludes halogenated alkanes) is 2. The monoisotopic (exact) mass is 960 g/mol. The van der Waals surface area contributed by atoms with Gasteiger partial charge in [0.15, 0.2) is 19.7 Å². The summed E-state index contributed by atoms with van der Waals surface area (Å²) in [7, 11) is -3.88. The number of benzene rings is 4. The summed E-state index contributed by atoms with van der Waals surface area (Å²) in [4.78, 5) is 0.638. The predicted octanol–water partition coefficient (Wildman–Crippen LogP) is 10.6. The number of hydrogen-bond donors (Lipinski definition) is 2. The molecule has 0 aromatic heterocycles. The maximum Gasteiger partial charge on any atom is 0.179 e. The van der Waals surface area contributed by atoms with Crippen LogP contribution in [-0.2, 0) is 19.7 Å². The largest absolute Gasteiger partial charge is 0.497 e. The van der Waals surface area contributed by atoms with E-state index in [1.54, 1.807) is 38.5 Å². The average Bonchev–Trinajstić information content (AvgIpc) is 3.33. The lowest BCUT2D eigenvalue weighted by molar-refractivity contribution is 0.0173. The molecular weight excluding hydrogens is 904 g/mol. The zero-order valence-electron chi connectivity index (χ0n) is 34.4. The van der Waals surface area contributed by atoms with Crippen LogP contribution < -0.4 is 9.47 Å². The topological polar surface area (TPSA) is 127 Å².